The highest BCUT2D eigenvalue weighted by atomic mass is 35.5. The fraction of sp³-hybridized carbons (Fsp3) is 0.545. The van der Waals surface area contributed by atoms with Gasteiger partial charge in [-0.05, 0) is 18.1 Å². The first-order chi connectivity index (χ1) is 7.69. The Bertz CT molecular complexity index is 333. The van der Waals surface area contributed by atoms with E-state index < -0.39 is 0 Å². The molecule has 0 saturated heterocycles. The van der Waals surface area contributed by atoms with Gasteiger partial charge >= 0.3 is 0 Å². The van der Waals surface area contributed by atoms with Crippen LogP contribution in [0.5, 0.6) is 0 Å². The molecule has 1 aromatic heterocycles. The van der Waals surface area contributed by atoms with Crippen LogP contribution in [-0.2, 0) is 11.3 Å². The van der Waals surface area contributed by atoms with Gasteiger partial charge in [0.1, 0.15) is 5.82 Å². The molecule has 0 unspecified atom stereocenters. The van der Waals surface area contributed by atoms with Gasteiger partial charge in [-0.2, -0.15) is 0 Å². The second-order valence-corrected chi connectivity index (χ2v) is 4.01. The summed E-state index contributed by atoms with van der Waals surface area (Å²) in [7, 11) is 3.69. The van der Waals surface area contributed by atoms with E-state index in [0.717, 1.165) is 31.0 Å². The van der Waals surface area contributed by atoms with Gasteiger partial charge in [-0.1, -0.05) is 11.6 Å². The van der Waals surface area contributed by atoms with Crippen LogP contribution in [0.1, 0.15) is 12.0 Å². The first kappa shape index (κ1) is 13.2. The van der Waals surface area contributed by atoms with Gasteiger partial charge in [0.05, 0.1) is 5.02 Å². The fourth-order valence-corrected chi connectivity index (χ4v) is 1.57. The maximum atomic E-state index is 5.95. The molecule has 2 N–H and O–H groups in total. The van der Waals surface area contributed by atoms with Crippen LogP contribution in [0.2, 0.25) is 5.02 Å². The average Bonchev–Trinajstić information content (AvgIpc) is 2.30. The zero-order valence-electron chi connectivity index (χ0n) is 9.74. The summed E-state index contributed by atoms with van der Waals surface area (Å²) in [5, 5.41) is 0.622. The van der Waals surface area contributed by atoms with Crippen LogP contribution >= 0.6 is 11.6 Å². The number of methoxy groups -OCH3 is 1. The van der Waals surface area contributed by atoms with Crippen molar-refractivity contribution in [2.75, 3.05) is 32.2 Å². The van der Waals surface area contributed by atoms with Gasteiger partial charge in [0.25, 0.3) is 0 Å². The van der Waals surface area contributed by atoms with Crippen LogP contribution in [0.4, 0.5) is 5.82 Å². The number of rotatable bonds is 6. The van der Waals surface area contributed by atoms with Crippen LogP contribution in [0.25, 0.3) is 0 Å². The molecular formula is C11H18ClN3O. The Labute approximate surface area is 101 Å². The number of anilines is 1. The second-order valence-electron chi connectivity index (χ2n) is 3.61. The molecule has 0 atom stereocenters. The normalized spacial score (nSPS) is 10.5. The molecule has 4 nitrogen and oxygen atoms in total. The van der Waals surface area contributed by atoms with Crippen molar-refractivity contribution in [3.63, 3.8) is 0 Å². The lowest BCUT2D eigenvalue weighted by Gasteiger charge is -2.18. The number of nitrogens with zero attached hydrogens (tertiary/aromatic N) is 2. The van der Waals surface area contributed by atoms with E-state index in [1.807, 2.05) is 13.1 Å². The standard InChI is InChI=1S/C11H18ClN3O/c1-15(4-3-5-16-2)11-6-9(7-13)10(12)8-14-11/h6,8H,3-5,7,13H2,1-2H3. The molecule has 0 amide bonds. The fourth-order valence-electron chi connectivity index (χ4n) is 1.39. The van der Waals surface area contributed by atoms with Crippen LogP contribution in [0.15, 0.2) is 12.3 Å². The van der Waals surface area contributed by atoms with Gasteiger partial charge in [0, 0.05) is 40.1 Å². The number of nitrogens with two attached hydrogens (primary N) is 1. The minimum absolute atomic E-state index is 0.431. The molecule has 16 heavy (non-hydrogen) atoms. The molecule has 1 heterocycles. The molecule has 1 rings (SSSR count). The number of aromatic nitrogens is 1. The second kappa shape index (κ2) is 6.68. The first-order valence-electron chi connectivity index (χ1n) is 5.23. The van der Waals surface area contributed by atoms with Gasteiger partial charge in [0.2, 0.25) is 0 Å². The summed E-state index contributed by atoms with van der Waals surface area (Å²) in [6.07, 6.45) is 2.61. The van der Waals surface area contributed by atoms with Crippen molar-refractivity contribution in [3.05, 3.63) is 22.8 Å². The third-order valence-electron chi connectivity index (χ3n) is 2.37. The molecule has 0 fully saturated rings. The zero-order valence-corrected chi connectivity index (χ0v) is 10.5. The number of halogens is 1. The van der Waals surface area contributed by atoms with Crippen LogP contribution in [-0.4, -0.2) is 32.3 Å². The van der Waals surface area contributed by atoms with Crippen molar-refractivity contribution in [3.8, 4) is 0 Å². The SMILES string of the molecule is COCCCN(C)c1cc(CN)c(Cl)cn1. The number of hydrogen-bond acceptors (Lipinski definition) is 4. The van der Waals surface area contributed by atoms with Gasteiger partial charge in [-0.15, -0.1) is 0 Å². The topological polar surface area (TPSA) is 51.4 Å². The lowest BCUT2D eigenvalue weighted by atomic mass is 10.2. The molecule has 1 aromatic rings. The number of ether oxygens (including phenoxy) is 1. The summed E-state index contributed by atoms with van der Waals surface area (Å²) in [6.45, 7) is 2.08. The van der Waals surface area contributed by atoms with Crippen molar-refractivity contribution in [2.24, 2.45) is 5.73 Å². The van der Waals surface area contributed by atoms with Gasteiger partial charge in [-0.25, -0.2) is 4.98 Å². The van der Waals surface area contributed by atoms with E-state index >= 15 is 0 Å². The van der Waals surface area contributed by atoms with Crippen LogP contribution in [0.3, 0.4) is 0 Å². The lowest BCUT2D eigenvalue weighted by Crippen LogP contribution is -2.21. The third-order valence-corrected chi connectivity index (χ3v) is 2.71. The Hall–Kier alpha value is -0.840. The minimum atomic E-state index is 0.431. The molecule has 0 radical (unpaired) electrons. The number of hydrogen-bond donors (Lipinski definition) is 1. The molecule has 0 aliphatic heterocycles. The highest BCUT2D eigenvalue weighted by Gasteiger charge is 2.05. The van der Waals surface area contributed by atoms with E-state index in [4.69, 9.17) is 22.1 Å². The molecule has 90 valence electrons. The Morgan fingerprint density at radius 3 is 2.94 bits per heavy atom. The largest absolute Gasteiger partial charge is 0.385 e. The van der Waals surface area contributed by atoms with E-state index in [9.17, 15) is 0 Å². The molecule has 0 aliphatic carbocycles. The van der Waals surface area contributed by atoms with E-state index in [1.165, 1.54) is 0 Å². The smallest absolute Gasteiger partial charge is 0.128 e. The Kier molecular flexibility index (Phi) is 5.52. The van der Waals surface area contributed by atoms with Crippen molar-refractivity contribution in [1.82, 2.24) is 4.98 Å². The Morgan fingerprint density at radius 1 is 1.56 bits per heavy atom. The Morgan fingerprint density at radius 2 is 2.31 bits per heavy atom. The van der Waals surface area contributed by atoms with Crippen molar-refractivity contribution in [2.45, 2.75) is 13.0 Å². The predicted molar refractivity (Wildman–Crippen MR) is 66.9 cm³/mol. The summed E-state index contributed by atoms with van der Waals surface area (Å²) < 4.78 is 5.00. The number of pyridine rings is 1. The van der Waals surface area contributed by atoms with Crippen LogP contribution < -0.4 is 10.6 Å². The summed E-state index contributed by atoms with van der Waals surface area (Å²) in [5.41, 5.74) is 6.51. The third kappa shape index (κ3) is 3.63. The monoisotopic (exact) mass is 243 g/mol. The van der Waals surface area contributed by atoms with Crippen molar-refractivity contribution in [1.29, 1.82) is 0 Å². The maximum Gasteiger partial charge on any atom is 0.128 e. The molecule has 0 aromatic carbocycles. The minimum Gasteiger partial charge on any atom is -0.385 e. The summed E-state index contributed by atoms with van der Waals surface area (Å²) in [5.74, 6) is 0.890. The summed E-state index contributed by atoms with van der Waals surface area (Å²) in [6, 6.07) is 1.93. The summed E-state index contributed by atoms with van der Waals surface area (Å²) >= 11 is 5.95. The van der Waals surface area contributed by atoms with Gasteiger partial charge in [0.15, 0.2) is 0 Å². The molecule has 0 saturated carbocycles. The summed E-state index contributed by atoms with van der Waals surface area (Å²) in [4.78, 5) is 6.33. The van der Waals surface area contributed by atoms with Crippen molar-refractivity contribution < 1.29 is 4.74 Å². The zero-order chi connectivity index (χ0) is 12.0. The van der Waals surface area contributed by atoms with E-state index in [-0.39, 0.29) is 0 Å². The first-order valence-corrected chi connectivity index (χ1v) is 5.61. The van der Waals surface area contributed by atoms with Crippen LogP contribution in [0, 0.1) is 0 Å². The molecule has 5 heteroatoms. The lowest BCUT2D eigenvalue weighted by molar-refractivity contribution is 0.196. The maximum absolute atomic E-state index is 5.95. The quantitative estimate of drug-likeness (QED) is 0.773. The van der Waals surface area contributed by atoms with Crippen molar-refractivity contribution >= 4 is 17.4 Å². The van der Waals surface area contributed by atoms with Gasteiger partial charge in [-0.3, -0.25) is 0 Å². The predicted octanol–water partition coefficient (Wildman–Crippen LogP) is 1.67. The molecule has 0 bridgehead atoms. The molecule has 0 aliphatic rings. The van der Waals surface area contributed by atoms with E-state index in [1.54, 1.807) is 13.3 Å². The van der Waals surface area contributed by atoms with E-state index in [2.05, 4.69) is 9.88 Å². The van der Waals surface area contributed by atoms with E-state index in [0.29, 0.717) is 11.6 Å². The molecule has 0 spiro atoms. The Balaban J connectivity index is 2.64. The molecular weight excluding hydrogens is 226 g/mol. The average molecular weight is 244 g/mol. The highest BCUT2D eigenvalue weighted by Crippen LogP contribution is 2.19. The highest BCUT2D eigenvalue weighted by molar-refractivity contribution is 6.31. The van der Waals surface area contributed by atoms with Gasteiger partial charge < -0.3 is 15.4 Å².